The first-order valence-corrected chi connectivity index (χ1v) is 7.94. The van der Waals surface area contributed by atoms with Crippen molar-refractivity contribution >= 4 is 29.0 Å². The summed E-state index contributed by atoms with van der Waals surface area (Å²) in [5, 5.41) is 20.0. The van der Waals surface area contributed by atoms with Gasteiger partial charge in [-0.05, 0) is 36.6 Å². The molecule has 0 radical (unpaired) electrons. The minimum Gasteiger partial charge on any atom is -0.307 e. The van der Waals surface area contributed by atoms with Crippen molar-refractivity contribution in [2.75, 3.05) is 11.4 Å². The van der Waals surface area contributed by atoms with Gasteiger partial charge in [0.1, 0.15) is 11.6 Å². The van der Waals surface area contributed by atoms with Crippen LogP contribution in [0.1, 0.15) is 16.9 Å². The van der Waals surface area contributed by atoms with Crippen LogP contribution in [-0.4, -0.2) is 12.5 Å². The van der Waals surface area contributed by atoms with Gasteiger partial charge in [-0.3, -0.25) is 4.79 Å². The second kappa shape index (κ2) is 7.93. The second-order valence-corrected chi connectivity index (χ2v) is 5.86. The maximum atomic E-state index is 12.7. The van der Waals surface area contributed by atoms with E-state index in [1.54, 1.807) is 6.08 Å². The molecule has 1 aromatic carbocycles. The Morgan fingerprint density at radius 1 is 1.26 bits per heavy atom. The van der Waals surface area contributed by atoms with E-state index in [9.17, 15) is 10.1 Å². The summed E-state index contributed by atoms with van der Waals surface area (Å²) in [6, 6.07) is 15.2. The third-order valence-electron chi connectivity index (χ3n) is 3.22. The Morgan fingerprint density at radius 3 is 2.57 bits per heavy atom. The Morgan fingerprint density at radius 2 is 2.00 bits per heavy atom. The molecule has 114 valence electrons. The average molecular weight is 321 g/mol. The van der Waals surface area contributed by atoms with Crippen LogP contribution in [0.3, 0.4) is 0 Å². The van der Waals surface area contributed by atoms with Crippen molar-refractivity contribution in [1.82, 2.24) is 0 Å². The topological polar surface area (TPSA) is 67.9 Å². The van der Waals surface area contributed by atoms with Crippen LogP contribution in [0.4, 0.5) is 5.69 Å². The van der Waals surface area contributed by atoms with E-state index in [1.807, 2.05) is 60.8 Å². The summed E-state index contributed by atoms with van der Waals surface area (Å²) in [7, 11) is 0. The first-order chi connectivity index (χ1) is 11.2. The Bertz CT molecular complexity index is 777. The van der Waals surface area contributed by atoms with Gasteiger partial charge in [-0.15, -0.1) is 11.3 Å². The van der Waals surface area contributed by atoms with Crippen LogP contribution in [0.5, 0.6) is 0 Å². The third-order valence-corrected chi connectivity index (χ3v) is 4.04. The summed E-state index contributed by atoms with van der Waals surface area (Å²) in [5.74, 6) is -0.389. The quantitative estimate of drug-likeness (QED) is 0.619. The van der Waals surface area contributed by atoms with Crippen molar-refractivity contribution in [3.05, 3.63) is 57.8 Å². The zero-order valence-electron chi connectivity index (χ0n) is 12.7. The fourth-order valence-electron chi connectivity index (χ4n) is 2.04. The van der Waals surface area contributed by atoms with Crippen LogP contribution >= 0.6 is 11.3 Å². The van der Waals surface area contributed by atoms with Gasteiger partial charge in [0.25, 0.3) is 5.91 Å². The molecule has 5 heteroatoms. The van der Waals surface area contributed by atoms with E-state index in [0.29, 0.717) is 5.69 Å². The molecule has 0 N–H and O–H groups in total. The number of benzene rings is 1. The van der Waals surface area contributed by atoms with Crippen molar-refractivity contribution in [3.63, 3.8) is 0 Å². The molecule has 0 aliphatic rings. The van der Waals surface area contributed by atoms with Crippen molar-refractivity contribution in [3.8, 4) is 12.1 Å². The molecule has 0 atom stereocenters. The Balaban J connectivity index is 2.34. The number of carbonyl (C=O) groups excluding carboxylic acids is 1. The lowest BCUT2D eigenvalue weighted by molar-refractivity contribution is -0.114. The highest BCUT2D eigenvalue weighted by Gasteiger charge is 2.20. The van der Waals surface area contributed by atoms with Gasteiger partial charge < -0.3 is 4.90 Å². The van der Waals surface area contributed by atoms with Gasteiger partial charge in [0, 0.05) is 17.1 Å². The van der Waals surface area contributed by atoms with Gasteiger partial charge >= 0.3 is 0 Å². The number of nitrogens with zero attached hydrogens (tertiary/aromatic N) is 3. The number of hydrogen-bond acceptors (Lipinski definition) is 4. The van der Waals surface area contributed by atoms with E-state index in [0.717, 1.165) is 10.4 Å². The predicted octanol–water partition coefficient (Wildman–Crippen LogP) is 3.91. The Hall–Kier alpha value is -2.89. The van der Waals surface area contributed by atoms with Gasteiger partial charge in [0.15, 0.2) is 0 Å². The van der Waals surface area contributed by atoms with Gasteiger partial charge in [0.2, 0.25) is 0 Å². The van der Waals surface area contributed by atoms with Gasteiger partial charge in [-0.1, -0.05) is 23.8 Å². The van der Waals surface area contributed by atoms with Crippen LogP contribution < -0.4 is 4.90 Å². The van der Waals surface area contributed by atoms with Crippen LogP contribution in [0.2, 0.25) is 0 Å². The van der Waals surface area contributed by atoms with E-state index in [-0.39, 0.29) is 24.4 Å². The smallest absolute Gasteiger partial charge is 0.269 e. The second-order valence-electron chi connectivity index (χ2n) is 4.89. The fraction of sp³-hybridized carbons (Fsp3) is 0.167. The molecule has 4 nitrogen and oxygen atoms in total. The summed E-state index contributed by atoms with van der Waals surface area (Å²) >= 11 is 1.46. The molecule has 0 bridgehead atoms. The fourth-order valence-corrected chi connectivity index (χ4v) is 2.69. The molecule has 1 amide bonds. The SMILES string of the molecule is Cc1ccc(N(CCC#N)C(=O)/C(C#N)=C/c2cccs2)cc1. The first kappa shape index (κ1) is 16.5. The zero-order chi connectivity index (χ0) is 16.7. The minimum absolute atomic E-state index is 0.0611. The summed E-state index contributed by atoms with van der Waals surface area (Å²) in [6.45, 7) is 2.21. The molecular formula is C18H15N3OS. The van der Waals surface area contributed by atoms with Crippen molar-refractivity contribution < 1.29 is 4.79 Å². The lowest BCUT2D eigenvalue weighted by Gasteiger charge is -2.21. The highest BCUT2D eigenvalue weighted by atomic mass is 32.1. The monoisotopic (exact) mass is 321 g/mol. The molecule has 0 saturated heterocycles. The molecule has 0 unspecified atom stereocenters. The Labute approximate surface area is 139 Å². The number of hydrogen-bond donors (Lipinski definition) is 0. The number of thiophene rings is 1. The average Bonchev–Trinajstić information content (AvgIpc) is 3.07. The predicted molar refractivity (Wildman–Crippen MR) is 91.7 cm³/mol. The molecule has 0 fully saturated rings. The van der Waals surface area contributed by atoms with Crippen molar-refractivity contribution in [2.24, 2.45) is 0 Å². The largest absolute Gasteiger partial charge is 0.307 e. The maximum absolute atomic E-state index is 12.7. The number of rotatable bonds is 5. The van der Waals surface area contributed by atoms with Gasteiger partial charge in [-0.25, -0.2) is 0 Å². The summed E-state index contributed by atoms with van der Waals surface area (Å²) in [5.41, 5.74) is 1.82. The van der Waals surface area contributed by atoms with Gasteiger partial charge in [0.05, 0.1) is 12.5 Å². The van der Waals surface area contributed by atoms with Crippen LogP contribution in [0, 0.1) is 29.6 Å². The summed E-state index contributed by atoms with van der Waals surface area (Å²) in [4.78, 5) is 15.0. The highest BCUT2D eigenvalue weighted by molar-refractivity contribution is 7.10. The minimum atomic E-state index is -0.389. The molecule has 1 heterocycles. The standard InChI is InChI=1S/C18H15N3OS/c1-14-5-7-16(8-6-14)21(10-3-9-19)18(22)15(13-20)12-17-4-2-11-23-17/h2,4-8,11-12H,3,10H2,1H3/b15-12+. The highest BCUT2D eigenvalue weighted by Crippen LogP contribution is 2.20. The molecule has 2 rings (SSSR count). The number of nitriles is 2. The number of amides is 1. The molecule has 0 spiro atoms. The van der Waals surface area contributed by atoms with E-state index < -0.39 is 0 Å². The molecule has 2 aromatic rings. The van der Waals surface area contributed by atoms with E-state index in [2.05, 4.69) is 0 Å². The lowest BCUT2D eigenvalue weighted by atomic mass is 10.1. The Kier molecular flexibility index (Phi) is 5.68. The van der Waals surface area contributed by atoms with E-state index >= 15 is 0 Å². The number of aryl methyl sites for hydroxylation is 1. The molecule has 0 saturated carbocycles. The van der Waals surface area contributed by atoms with E-state index in [4.69, 9.17) is 5.26 Å². The summed E-state index contributed by atoms with van der Waals surface area (Å²) < 4.78 is 0. The van der Waals surface area contributed by atoms with Crippen LogP contribution in [0.15, 0.2) is 47.4 Å². The van der Waals surface area contributed by atoms with Gasteiger partial charge in [-0.2, -0.15) is 10.5 Å². The zero-order valence-corrected chi connectivity index (χ0v) is 13.5. The van der Waals surface area contributed by atoms with Crippen molar-refractivity contribution in [2.45, 2.75) is 13.3 Å². The molecule has 23 heavy (non-hydrogen) atoms. The van der Waals surface area contributed by atoms with E-state index in [1.165, 1.54) is 16.2 Å². The first-order valence-electron chi connectivity index (χ1n) is 7.06. The lowest BCUT2D eigenvalue weighted by Crippen LogP contribution is -2.32. The number of carbonyl (C=O) groups is 1. The summed E-state index contributed by atoms with van der Waals surface area (Å²) in [6.07, 6.45) is 1.79. The number of anilines is 1. The molecular weight excluding hydrogens is 306 g/mol. The molecule has 0 aliphatic carbocycles. The normalized spacial score (nSPS) is 10.7. The van der Waals surface area contributed by atoms with Crippen molar-refractivity contribution in [1.29, 1.82) is 10.5 Å². The molecule has 0 aliphatic heterocycles. The third kappa shape index (κ3) is 4.29. The molecule has 1 aromatic heterocycles. The van der Waals surface area contributed by atoms with Crippen LogP contribution in [-0.2, 0) is 4.79 Å². The van der Waals surface area contributed by atoms with Crippen LogP contribution in [0.25, 0.3) is 6.08 Å². The maximum Gasteiger partial charge on any atom is 0.269 e.